The molecule has 1 saturated heterocycles. The van der Waals surface area contributed by atoms with E-state index in [2.05, 4.69) is 5.32 Å². The van der Waals surface area contributed by atoms with Crippen molar-refractivity contribution in [3.8, 4) is 11.5 Å². The largest absolute Gasteiger partial charge is 0.457 e. The van der Waals surface area contributed by atoms with Gasteiger partial charge in [-0.1, -0.05) is 60.7 Å². The van der Waals surface area contributed by atoms with Crippen LogP contribution >= 0.6 is 0 Å². The fourth-order valence-corrected chi connectivity index (χ4v) is 3.85. The van der Waals surface area contributed by atoms with E-state index in [1.165, 1.54) is 0 Å². The fraction of sp³-hybridized carbons (Fsp3) is 0.231. The lowest BCUT2D eigenvalue weighted by Gasteiger charge is -2.23. The van der Waals surface area contributed by atoms with Crippen molar-refractivity contribution in [2.75, 3.05) is 13.1 Å². The van der Waals surface area contributed by atoms with Crippen LogP contribution < -0.4 is 10.1 Å². The molecule has 1 amide bonds. The molecule has 1 heterocycles. The van der Waals surface area contributed by atoms with Gasteiger partial charge in [-0.2, -0.15) is 0 Å². The van der Waals surface area contributed by atoms with E-state index in [-0.39, 0.29) is 24.3 Å². The van der Waals surface area contributed by atoms with Gasteiger partial charge in [0, 0.05) is 12.1 Å². The Bertz CT molecular complexity index is 1020. The first kappa shape index (κ1) is 20.8. The van der Waals surface area contributed by atoms with Crippen molar-refractivity contribution in [1.82, 2.24) is 10.2 Å². The number of Topliss-reactive ketones (excluding diaryl/α,β-unsaturated/α-hetero) is 1. The number of carbonyl (C=O) groups excluding carboxylic acids is 2. The van der Waals surface area contributed by atoms with E-state index < -0.39 is 0 Å². The van der Waals surface area contributed by atoms with Gasteiger partial charge in [0.2, 0.25) is 5.91 Å². The molecule has 0 saturated carbocycles. The second-order valence-electron chi connectivity index (χ2n) is 7.70. The van der Waals surface area contributed by atoms with Crippen molar-refractivity contribution in [2.45, 2.75) is 25.4 Å². The highest BCUT2D eigenvalue weighted by Crippen LogP contribution is 2.23. The molecule has 0 radical (unpaired) electrons. The van der Waals surface area contributed by atoms with Crippen LogP contribution in [0.3, 0.4) is 0 Å². The van der Waals surface area contributed by atoms with E-state index in [0.29, 0.717) is 17.9 Å². The third-order valence-corrected chi connectivity index (χ3v) is 5.46. The summed E-state index contributed by atoms with van der Waals surface area (Å²) in [7, 11) is 0. The van der Waals surface area contributed by atoms with E-state index in [1.54, 1.807) is 12.1 Å². The monoisotopic (exact) mass is 414 g/mol. The number of para-hydroxylation sites is 1. The van der Waals surface area contributed by atoms with E-state index in [1.807, 2.05) is 77.7 Å². The van der Waals surface area contributed by atoms with Crippen molar-refractivity contribution in [1.29, 1.82) is 0 Å². The molecule has 5 heteroatoms. The lowest BCUT2D eigenvalue weighted by atomic mass is 10.1. The molecule has 1 N–H and O–H groups in total. The van der Waals surface area contributed by atoms with Gasteiger partial charge in [-0.15, -0.1) is 0 Å². The van der Waals surface area contributed by atoms with Crippen molar-refractivity contribution in [3.63, 3.8) is 0 Å². The zero-order valence-corrected chi connectivity index (χ0v) is 17.4. The Morgan fingerprint density at radius 1 is 0.903 bits per heavy atom. The highest BCUT2D eigenvalue weighted by atomic mass is 16.5. The Labute approximate surface area is 182 Å². The van der Waals surface area contributed by atoms with E-state index in [9.17, 15) is 9.59 Å². The van der Waals surface area contributed by atoms with Crippen molar-refractivity contribution >= 4 is 11.7 Å². The molecule has 1 aliphatic heterocycles. The van der Waals surface area contributed by atoms with Crippen LogP contribution in [0.5, 0.6) is 11.5 Å². The highest BCUT2D eigenvalue weighted by Gasteiger charge is 2.31. The van der Waals surface area contributed by atoms with E-state index in [0.717, 1.165) is 30.7 Å². The second-order valence-corrected chi connectivity index (χ2v) is 7.70. The molecule has 0 unspecified atom stereocenters. The topological polar surface area (TPSA) is 58.6 Å². The number of benzene rings is 3. The smallest absolute Gasteiger partial charge is 0.237 e. The summed E-state index contributed by atoms with van der Waals surface area (Å²) in [6.07, 6.45) is 1.68. The lowest BCUT2D eigenvalue weighted by Crippen LogP contribution is -2.44. The highest BCUT2D eigenvalue weighted by molar-refractivity contribution is 5.98. The Kier molecular flexibility index (Phi) is 6.75. The standard InChI is InChI=1S/C26H26N2O3/c29-25(21-11-7-14-23(17-21)31-22-12-5-2-6-13-22)19-28-16-8-15-24(28)26(30)27-18-20-9-3-1-4-10-20/h1-7,9-14,17,24H,8,15-16,18-19H2,(H,27,30)/t24-/m0/s1. The van der Waals surface area contributed by atoms with Gasteiger partial charge in [-0.25, -0.2) is 0 Å². The first-order valence-electron chi connectivity index (χ1n) is 10.6. The Morgan fingerprint density at radius 2 is 1.61 bits per heavy atom. The first-order valence-corrected chi connectivity index (χ1v) is 10.6. The van der Waals surface area contributed by atoms with E-state index in [4.69, 9.17) is 4.74 Å². The van der Waals surface area contributed by atoms with Gasteiger partial charge in [-0.3, -0.25) is 14.5 Å². The fourth-order valence-electron chi connectivity index (χ4n) is 3.85. The summed E-state index contributed by atoms with van der Waals surface area (Å²) in [6.45, 7) is 1.46. The molecule has 5 nitrogen and oxygen atoms in total. The summed E-state index contributed by atoms with van der Waals surface area (Å²) >= 11 is 0. The molecule has 1 aliphatic rings. The average Bonchev–Trinajstić information content (AvgIpc) is 3.27. The number of amides is 1. The third-order valence-electron chi connectivity index (χ3n) is 5.46. The number of ketones is 1. The lowest BCUT2D eigenvalue weighted by molar-refractivity contribution is -0.125. The van der Waals surface area contributed by atoms with Gasteiger partial charge < -0.3 is 10.1 Å². The molecule has 3 aromatic rings. The summed E-state index contributed by atoms with van der Waals surface area (Å²) in [4.78, 5) is 27.6. The number of nitrogens with zero attached hydrogens (tertiary/aromatic N) is 1. The quantitative estimate of drug-likeness (QED) is 0.554. The molecule has 0 aliphatic carbocycles. The first-order chi connectivity index (χ1) is 15.2. The zero-order chi connectivity index (χ0) is 21.5. The van der Waals surface area contributed by atoms with Crippen LogP contribution in [-0.2, 0) is 11.3 Å². The summed E-state index contributed by atoms with van der Waals surface area (Å²) in [5.41, 5.74) is 1.65. The molecular formula is C26H26N2O3. The molecule has 0 aromatic heterocycles. The Morgan fingerprint density at radius 3 is 2.39 bits per heavy atom. The summed E-state index contributed by atoms with van der Waals surface area (Å²) in [5.74, 6) is 1.31. The SMILES string of the molecule is O=C(CN1CCC[C@H]1C(=O)NCc1ccccc1)c1cccc(Oc2ccccc2)c1. The van der Waals surface area contributed by atoms with Crippen LogP contribution in [0.2, 0.25) is 0 Å². The van der Waals surface area contributed by atoms with Crippen LogP contribution in [-0.4, -0.2) is 35.7 Å². The molecule has 1 atom stereocenters. The van der Waals surface area contributed by atoms with Crippen LogP contribution in [0.25, 0.3) is 0 Å². The van der Waals surface area contributed by atoms with Crippen molar-refractivity contribution < 1.29 is 14.3 Å². The number of nitrogens with one attached hydrogen (secondary N) is 1. The number of carbonyl (C=O) groups is 2. The van der Waals surface area contributed by atoms with Gasteiger partial charge in [0.1, 0.15) is 11.5 Å². The van der Waals surface area contributed by atoms with Crippen LogP contribution in [0.4, 0.5) is 0 Å². The summed E-state index contributed by atoms with van der Waals surface area (Å²) in [5, 5.41) is 3.01. The third kappa shape index (κ3) is 5.58. The minimum atomic E-state index is -0.267. The Balaban J connectivity index is 1.36. The van der Waals surface area contributed by atoms with E-state index >= 15 is 0 Å². The maximum absolute atomic E-state index is 12.9. The molecule has 0 spiro atoms. The molecule has 31 heavy (non-hydrogen) atoms. The molecule has 158 valence electrons. The second kappa shape index (κ2) is 10.0. The van der Waals surface area contributed by atoms with Gasteiger partial charge in [0.25, 0.3) is 0 Å². The molecule has 4 rings (SSSR count). The minimum Gasteiger partial charge on any atom is -0.457 e. The van der Waals surface area contributed by atoms with Crippen molar-refractivity contribution in [2.24, 2.45) is 0 Å². The summed E-state index contributed by atoms with van der Waals surface area (Å²) < 4.78 is 5.84. The van der Waals surface area contributed by atoms with Gasteiger partial charge in [0.15, 0.2) is 5.78 Å². The molecule has 1 fully saturated rings. The maximum atomic E-state index is 12.9. The molecule has 3 aromatic carbocycles. The predicted molar refractivity (Wildman–Crippen MR) is 120 cm³/mol. The number of hydrogen-bond donors (Lipinski definition) is 1. The van der Waals surface area contributed by atoms with Gasteiger partial charge in [0.05, 0.1) is 12.6 Å². The van der Waals surface area contributed by atoms with Crippen molar-refractivity contribution in [3.05, 3.63) is 96.1 Å². The number of ether oxygens (including phenoxy) is 1. The predicted octanol–water partition coefficient (Wildman–Crippen LogP) is 4.44. The number of likely N-dealkylation sites (tertiary alicyclic amines) is 1. The van der Waals surface area contributed by atoms with Crippen LogP contribution in [0, 0.1) is 0 Å². The Hall–Kier alpha value is -3.44. The number of hydrogen-bond acceptors (Lipinski definition) is 4. The zero-order valence-electron chi connectivity index (χ0n) is 17.4. The molecule has 0 bridgehead atoms. The molecular weight excluding hydrogens is 388 g/mol. The average molecular weight is 415 g/mol. The normalized spacial score (nSPS) is 16.1. The van der Waals surface area contributed by atoms with Crippen LogP contribution in [0.1, 0.15) is 28.8 Å². The summed E-state index contributed by atoms with van der Waals surface area (Å²) in [6, 6.07) is 26.3. The maximum Gasteiger partial charge on any atom is 0.237 e. The number of rotatable bonds is 8. The van der Waals surface area contributed by atoms with Gasteiger partial charge >= 0.3 is 0 Å². The van der Waals surface area contributed by atoms with Gasteiger partial charge in [-0.05, 0) is 49.2 Å². The van der Waals surface area contributed by atoms with Crippen LogP contribution in [0.15, 0.2) is 84.9 Å². The minimum absolute atomic E-state index is 0.0127.